The molecule has 0 aliphatic heterocycles. The maximum Gasteiger partial charge on any atom is 0.0635 e. The highest BCUT2D eigenvalue weighted by Crippen LogP contribution is 2.53. The van der Waals surface area contributed by atoms with Crippen molar-refractivity contribution >= 4 is 49.8 Å². The van der Waals surface area contributed by atoms with Gasteiger partial charge in [-0.3, -0.25) is 0 Å². The molecule has 0 spiro atoms. The Kier molecular flexibility index (Phi) is 8.00. The molecule has 65 heavy (non-hydrogen) atoms. The molecule has 310 valence electrons. The molecule has 0 saturated carbocycles. The normalized spacial score (nSPS) is 14.1. The Morgan fingerprint density at radius 1 is 0.354 bits per heavy atom. The van der Waals surface area contributed by atoms with Crippen LogP contribution in [-0.4, -0.2) is 9.13 Å². The second-order valence-electron chi connectivity index (χ2n) is 19.0. The number of nitrogens with zero attached hydrogens (tertiary/aromatic N) is 3. The van der Waals surface area contributed by atoms with Gasteiger partial charge < -0.3 is 14.0 Å². The Balaban J connectivity index is 0.947. The Labute approximate surface area is 380 Å². The molecular formula is C62H47N3. The van der Waals surface area contributed by atoms with E-state index in [-0.39, 0.29) is 10.8 Å². The fourth-order valence-electron chi connectivity index (χ4n) is 11.5. The molecule has 0 fully saturated rings. The SMILES string of the molecule is CC1(C)c2ccccc2-c2ccc(N(c3ccc(-c4ccc5c(c4)c4ccc6c(ccn6-c6ccccc6)c4n5-c4ccccc4)cc3)c3ccc4c(c3)C(C)(C)c3ccccc3-4)cc21. The fourth-order valence-corrected chi connectivity index (χ4v) is 11.5. The minimum absolute atomic E-state index is 0.112. The lowest BCUT2D eigenvalue weighted by Crippen LogP contribution is -2.18. The van der Waals surface area contributed by atoms with Crippen LogP contribution >= 0.6 is 0 Å². The zero-order chi connectivity index (χ0) is 43.6. The van der Waals surface area contributed by atoms with Crippen molar-refractivity contribution in [2.24, 2.45) is 0 Å². The van der Waals surface area contributed by atoms with E-state index in [0.29, 0.717) is 0 Å². The summed E-state index contributed by atoms with van der Waals surface area (Å²) < 4.78 is 4.74. The second-order valence-corrected chi connectivity index (χ2v) is 19.0. The van der Waals surface area contributed by atoms with Gasteiger partial charge >= 0.3 is 0 Å². The van der Waals surface area contributed by atoms with Crippen LogP contribution in [0.5, 0.6) is 0 Å². The van der Waals surface area contributed by atoms with Crippen molar-refractivity contribution in [1.29, 1.82) is 0 Å². The van der Waals surface area contributed by atoms with Crippen LogP contribution in [0.3, 0.4) is 0 Å². The maximum atomic E-state index is 2.46. The van der Waals surface area contributed by atoms with Crippen molar-refractivity contribution in [1.82, 2.24) is 9.13 Å². The first-order valence-electron chi connectivity index (χ1n) is 22.8. The number of rotatable bonds is 6. The number of fused-ring (bicyclic) bond motifs is 11. The predicted molar refractivity (Wildman–Crippen MR) is 273 cm³/mol. The highest BCUT2D eigenvalue weighted by atomic mass is 15.1. The van der Waals surface area contributed by atoms with Gasteiger partial charge in [0.15, 0.2) is 0 Å². The van der Waals surface area contributed by atoms with E-state index in [9.17, 15) is 0 Å². The molecular weight excluding hydrogens is 787 g/mol. The lowest BCUT2D eigenvalue weighted by atomic mass is 9.82. The summed E-state index contributed by atoms with van der Waals surface area (Å²) in [5.41, 5.74) is 22.4. The Bertz CT molecular complexity index is 3590. The van der Waals surface area contributed by atoms with Crippen molar-refractivity contribution in [3.8, 4) is 44.8 Å². The van der Waals surface area contributed by atoms with Crippen molar-refractivity contribution in [3.05, 3.63) is 235 Å². The molecule has 0 unspecified atom stereocenters. The van der Waals surface area contributed by atoms with Crippen molar-refractivity contribution in [3.63, 3.8) is 0 Å². The van der Waals surface area contributed by atoms with Crippen LogP contribution in [0.4, 0.5) is 17.1 Å². The summed E-state index contributed by atoms with van der Waals surface area (Å²) in [6.45, 7) is 9.47. The molecule has 0 N–H and O–H groups in total. The third-order valence-corrected chi connectivity index (χ3v) is 14.8. The van der Waals surface area contributed by atoms with Crippen LogP contribution < -0.4 is 4.90 Å². The van der Waals surface area contributed by atoms with Crippen LogP contribution in [0.25, 0.3) is 77.5 Å². The number of benzene rings is 9. The Hall–Kier alpha value is -7.88. The summed E-state index contributed by atoms with van der Waals surface area (Å²) in [7, 11) is 0. The summed E-state index contributed by atoms with van der Waals surface area (Å²) in [6, 6.07) is 76.5. The number of hydrogen-bond acceptors (Lipinski definition) is 1. The van der Waals surface area contributed by atoms with E-state index >= 15 is 0 Å². The average Bonchev–Trinajstić information content (AvgIpc) is 4.06. The van der Waals surface area contributed by atoms with Crippen LogP contribution in [-0.2, 0) is 10.8 Å². The maximum absolute atomic E-state index is 2.46. The Morgan fingerprint density at radius 2 is 0.862 bits per heavy atom. The van der Waals surface area contributed by atoms with E-state index in [0.717, 1.165) is 28.4 Å². The molecule has 0 saturated heterocycles. The van der Waals surface area contributed by atoms with Gasteiger partial charge in [0.1, 0.15) is 0 Å². The van der Waals surface area contributed by atoms with E-state index in [1.165, 1.54) is 88.3 Å². The van der Waals surface area contributed by atoms with E-state index < -0.39 is 0 Å². The van der Waals surface area contributed by atoms with Crippen molar-refractivity contribution in [2.45, 2.75) is 38.5 Å². The lowest BCUT2D eigenvalue weighted by Gasteiger charge is -2.30. The molecule has 0 radical (unpaired) electrons. The molecule has 2 aromatic heterocycles. The zero-order valence-corrected chi connectivity index (χ0v) is 37.0. The minimum Gasteiger partial charge on any atom is -0.316 e. The van der Waals surface area contributed by atoms with Gasteiger partial charge in [0.2, 0.25) is 0 Å². The largest absolute Gasteiger partial charge is 0.316 e. The second kappa shape index (κ2) is 13.8. The molecule has 2 aliphatic rings. The number of aromatic nitrogens is 2. The highest BCUT2D eigenvalue weighted by Gasteiger charge is 2.37. The molecule has 3 nitrogen and oxygen atoms in total. The van der Waals surface area contributed by atoms with Gasteiger partial charge in [-0.15, -0.1) is 0 Å². The van der Waals surface area contributed by atoms with Gasteiger partial charge in [0.05, 0.1) is 16.6 Å². The van der Waals surface area contributed by atoms with Gasteiger partial charge in [-0.25, -0.2) is 0 Å². The standard InChI is InChI=1S/C62H47N3/c1-61(2)54-21-13-11-19-47(54)49-30-28-45(38-56(49)61)64(46-29-31-50-48-20-12-14-22-55(48)62(3,4)57(50)39-46)44-26-23-40(24-27-44)41-25-33-59-53(37-41)51-32-34-58-52(35-36-63(58)42-15-7-5-8-16-42)60(51)65(59)43-17-9-6-10-18-43/h5-39H,1-4H3. The van der Waals surface area contributed by atoms with Crippen LogP contribution in [0.15, 0.2) is 212 Å². The first kappa shape index (κ1) is 37.7. The predicted octanol–water partition coefficient (Wildman–Crippen LogP) is 16.5. The zero-order valence-electron chi connectivity index (χ0n) is 37.0. The van der Waals surface area contributed by atoms with Gasteiger partial charge in [0.25, 0.3) is 0 Å². The van der Waals surface area contributed by atoms with E-state index in [4.69, 9.17) is 0 Å². The quantitative estimate of drug-likeness (QED) is 0.163. The number of hydrogen-bond donors (Lipinski definition) is 0. The molecule has 11 aromatic rings. The van der Waals surface area contributed by atoms with Crippen LogP contribution in [0.1, 0.15) is 49.9 Å². The molecule has 0 atom stereocenters. The number of para-hydroxylation sites is 2. The third-order valence-electron chi connectivity index (χ3n) is 14.8. The smallest absolute Gasteiger partial charge is 0.0635 e. The molecule has 9 aromatic carbocycles. The van der Waals surface area contributed by atoms with E-state index in [2.05, 4.69) is 254 Å². The topological polar surface area (TPSA) is 13.1 Å². The molecule has 0 bridgehead atoms. The van der Waals surface area contributed by atoms with Crippen molar-refractivity contribution < 1.29 is 0 Å². The minimum atomic E-state index is -0.112. The summed E-state index contributed by atoms with van der Waals surface area (Å²) in [5, 5.41) is 3.72. The molecule has 0 amide bonds. The van der Waals surface area contributed by atoms with Crippen LogP contribution in [0, 0.1) is 0 Å². The van der Waals surface area contributed by atoms with Gasteiger partial charge in [-0.1, -0.05) is 149 Å². The first-order valence-corrected chi connectivity index (χ1v) is 22.8. The fraction of sp³-hybridized carbons (Fsp3) is 0.0968. The lowest BCUT2D eigenvalue weighted by molar-refractivity contribution is 0.660. The van der Waals surface area contributed by atoms with Gasteiger partial charge in [-0.05, 0) is 141 Å². The highest BCUT2D eigenvalue weighted by molar-refractivity contribution is 6.19. The van der Waals surface area contributed by atoms with Crippen LogP contribution in [0.2, 0.25) is 0 Å². The molecule has 2 aliphatic carbocycles. The first-order chi connectivity index (χ1) is 31.8. The van der Waals surface area contributed by atoms with E-state index in [1.807, 2.05) is 0 Å². The Morgan fingerprint density at radius 3 is 1.48 bits per heavy atom. The van der Waals surface area contributed by atoms with Crippen molar-refractivity contribution in [2.75, 3.05) is 4.90 Å². The number of anilines is 3. The third kappa shape index (κ3) is 5.48. The molecule has 3 heteroatoms. The molecule has 2 heterocycles. The monoisotopic (exact) mass is 833 g/mol. The summed E-state index contributed by atoms with van der Waals surface area (Å²) in [6.07, 6.45) is 2.20. The molecule has 13 rings (SSSR count). The summed E-state index contributed by atoms with van der Waals surface area (Å²) >= 11 is 0. The van der Waals surface area contributed by atoms with Gasteiger partial charge in [-0.2, -0.15) is 0 Å². The average molecular weight is 834 g/mol. The van der Waals surface area contributed by atoms with E-state index in [1.54, 1.807) is 0 Å². The summed E-state index contributed by atoms with van der Waals surface area (Å²) in [4.78, 5) is 2.46. The van der Waals surface area contributed by atoms with Gasteiger partial charge in [0, 0.05) is 61.6 Å². The summed E-state index contributed by atoms with van der Waals surface area (Å²) in [5.74, 6) is 0.